The highest BCUT2D eigenvalue weighted by atomic mass is 79.9. The molecule has 0 saturated heterocycles. The van der Waals surface area contributed by atoms with Gasteiger partial charge in [-0.25, -0.2) is 0 Å². The highest BCUT2D eigenvalue weighted by Crippen LogP contribution is 2.35. The van der Waals surface area contributed by atoms with Crippen LogP contribution in [0.5, 0.6) is 5.75 Å². The lowest BCUT2D eigenvalue weighted by Crippen LogP contribution is -1.92. The van der Waals surface area contributed by atoms with Gasteiger partial charge in [0.05, 0.1) is 11.8 Å². The summed E-state index contributed by atoms with van der Waals surface area (Å²) in [6, 6.07) is 3.32. The van der Waals surface area contributed by atoms with Crippen LogP contribution in [0.4, 0.5) is 0 Å². The number of hydrogen-bond donors (Lipinski definition) is 1. The van der Waals surface area contributed by atoms with Crippen LogP contribution in [-0.4, -0.2) is 10.9 Å². The van der Waals surface area contributed by atoms with E-state index in [1.165, 1.54) is 13.2 Å². The minimum Gasteiger partial charge on any atom is -0.504 e. The van der Waals surface area contributed by atoms with Gasteiger partial charge in [0, 0.05) is 9.86 Å². The number of ketones is 1. The number of carbonyl (C=O) groups excluding carboxylic acids is 1. The van der Waals surface area contributed by atoms with Gasteiger partial charge in [0.1, 0.15) is 0 Å². The van der Waals surface area contributed by atoms with E-state index in [0.29, 0.717) is 5.58 Å². The fourth-order valence-electron chi connectivity index (χ4n) is 1.34. The summed E-state index contributed by atoms with van der Waals surface area (Å²) in [4.78, 5) is 11.2. The van der Waals surface area contributed by atoms with E-state index in [1.807, 2.05) is 0 Å². The van der Waals surface area contributed by atoms with E-state index >= 15 is 0 Å². The lowest BCUT2D eigenvalue weighted by Gasteiger charge is -2.02. The molecule has 0 saturated carbocycles. The number of carbonyl (C=O) groups is 1. The van der Waals surface area contributed by atoms with E-state index < -0.39 is 0 Å². The molecule has 0 aliphatic heterocycles. The van der Waals surface area contributed by atoms with Gasteiger partial charge in [-0.2, -0.15) is 0 Å². The molecule has 0 unspecified atom stereocenters. The molecule has 0 radical (unpaired) electrons. The van der Waals surface area contributed by atoms with E-state index in [-0.39, 0.29) is 17.1 Å². The van der Waals surface area contributed by atoms with Gasteiger partial charge < -0.3 is 9.52 Å². The van der Waals surface area contributed by atoms with Crippen LogP contribution in [-0.2, 0) is 0 Å². The van der Waals surface area contributed by atoms with Gasteiger partial charge in [0.15, 0.2) is 17.1 Å². The Balaban J connectivity index is 2.88. The van der Waals surface area contributed by atoms with Crippen molar-refractivity contribution in [1.82, 2.24) is 0 Å². The fourth-order valence-corrected chi connectivity index (χ4v) is 1.89. The monoisotopic (exact) mass is 254 g/mol. The van der Waals surface area contributed by atoms with Crippen LogP contribution in [0.1, 0.15) is 17.3 Å². The maximum Gasteiger partial charge on any atom is 0.177 e. The zero-order chi connectivity index (χ0) is 10.3. The van der Waals surface area contributed by atoms with Crippen molar-refractivity contribution in [2.24, 2.45) is 0 Å². The molecule has 1 aromatic heterocycles. The Morgan fingerprint density at radius 1 is 1.57 bits per heavy atom. The van der Waals surface area contributed by atoms with Gasteiger partial charge in [-0.3, -0.25) is 4.79 Å². The van der Waals surface area contributed by atoms with Crippen molar-refractivity contribution in [2.45, 2.75) is 6.92 Å². The third kappa shape index (κ3) is 1.23. The Labute approximate surface area is 88.5 Å². The molecule has 2 rings (SSSR count). The number of hydrogen-bond acceptors (Lipinski definition) is 3. The molecule has 72 valence electrons. The summed E-state index contributed by atoms with van der Waals surface area (Å²) in [6.45, 7) is 1.40. The van der Waals surface area contributed by atoms with Crippen LogP contribution < -0.4 is 0 Å². The Morgan fingerprint density at radius 2 is 2.29 bits per heavy atom. The first kappa shape index (κ1) is 9.27. The molecule has 0 fully saturated rings. The standard InChI is InChI=1S/C10H7BrO3/c1-5(12)7-4-8(11)6-2-3-14-10(6)9(7)13/h2-4,13H,1H3. The Kier molecular flexibility index (Phi) is 2.07. The summed E-state index contributed by atoms with van der Waals surface area (Å²) in [7, 11) is 0. The van der Waals surface area contributed by atoms with Crippen LogP contribution in [0.2, 0.25) is 0 Å². The van der Waals surface area contributed by atoms with Gasteiger partial charge in [0.25, 0.3) is 0 Å². The molecule has 1 aromatic carbocycles. The van der Waals surface area contributed by atoms with Gasteiger partial charge in [-0.15, -0.1) is 0 Å². The first-order valence-corrected chi connectivity index (χ1v) is 4.80. The summed E-state index contributed by atoms with van der Waals surface area (Å²) >= 11 is 3.31. The highest BCUT2D eigenvalue weighted by Gasteiger charge is 2.15. The lowest BCUT2D eigenvalue weighted by atomic mass is 10.1. The molecule has 0 amide bonds. The van der Waals surface area contributed by atoms with Crippen molar-refractivity contribution in [3.63, 3.8) is 0 Å². The van der Waals surface area contributed by atoms with Crippen LogP contribution >= 0.6 is 15.9 Å². The first-order valence-electron chi connectivity index (χ1n) is 4.01. The van der Waals surface area contributed by atoms with Gasteiger partial charge >= 0.3 is 0 Å². The van der Waals surface area contributed by atoms with Crippen LogP contribution in [0.3, 0.4) is 0 Å². The van der Waals surface area contributed by atoms with Crippen LogP contribution in [0, 0.1) is 0 Å². The molecule has 1 heterocycles. The summed E-state index contributed by atoms with van der Waals surface area (Å²) in [5, 5.41) is 10.5. The molecule has 0 bridgehead atoms. The number of furan rings is 1. The number of aromatic hydroxyl groups is 1. The van der Waals surface area contributed by atoms with Gasteiger partial charge in [0.2, 0.25) is 0 Å². The molecule has 0 atom stereocenters. The largest absolute Gasteiger partial charge is 0.504 e. The minimum absolute atomic E-state index is 0.0966. The SMILES string of the molecule is CC(=O)c1cc(Br)c2ccoc2c1O. The molecular formula is C10H7BrO3. The quantitative estimate of drug-likeness (QED) is 0.796. The van der Waals surface area contributed by atoms with Gasteiger partial charge in [-0.1, -0.05) is 15.9 Å². The maximum absolute atomic E-state index is 11.2. The highest BCUT2D eigenvalue weighted by molar-refractivity contribution is 9.10. The summed E-state index contributed by atoms with van der Waals surface area (Å²) < 4.78 is 5.83. The number of phenolic OH excluding ortho intramolecular Hbond substituents is 1. The molecule has 0 spiro atoms. The zero-order valence-electron chi connectivity index (χ0n) is 7.37. The van der Waals surface area contributed by atoms with Crippen LogP contribution in [0.15, 0.2) is 27.3 Å². The number of fused-ring (bicyclic) bond motifs is 1. The average Bonchev–Trinajstić information content (AvgIpc) is 2.59. The molecule has 4 heteroatoms. The Morgan fingerprint density at radius 3 is 2.93 bits per heavy atom. The number of benzene rings is 1. The first-order chi connectivity index (χ1) is 6.61. The van der Waals surface area contributed by atoms with Crippen molar-refractivity contribution in [2.75, 3.05) is 0 Å². The molecule has 3 nitrogen and oxygen atoms in total. The zero-order valence-corrected chi connectivity index (χ0v) is 8.96. The molecule has 0 aliphatic rings. The Bertz CT molecular complexity index is 513. The number of Topliss-reactive ketones (excluding diaryl/α,β-unsaturated/α-hetero) is 1. The maximum atomic E-state index is 11.2. The van der Waals surface area contributed by atoms with E-state index in [0.717, 1.165) is 9.86 Å². The topological polar surface area (TPSA) is 50.4 Å². The second-order valence-corrected chi connectivity index (χ2v) is 3.83. The van der Waals surface area contributed by atoms with Crippen molar-refractivity contribution in [3.8, 4) is 5.75 Å². The normalized spacial score (nSPS) is 10.7. The summed E-state index contributed by atoms with van der Waals surface area (Å²) in [5.74, 6) is -0.290. The second-order valence-electron chi connectivity index (χ2n) is 2.97. The molecular weight excluding hydrogens is 248 g/mol. The smallest absolute Gasteiger partial charge is 0.177 e. The van der Waals surface area contributed by atoms with E-state index in [1.54, 1.807) is 12.1 Å². The number of phenols is 1. The van der Waals surface area contributed by atoms with Crippen molar-refractivity contribution in [1.29, 1.82) is 0 Å². The fraction of sp³-hybridized carbons (Fsp3) is 0.100. The van der Waals surface area contributed by atoms with Crippen molar-refractivity contribution in [3.05, 3.63) is 28.4 Å². The Hall–Kier alpha value is -1.29. The van der Waals surface area contributed by atoms with Crippen molar-refractivity contribution >= 4 is 32.7 Å². The van der Waals surface area contributed by atoms with E-state index in [2.05, 4.69) is 15.9 Å². The predicted octanol–water partition coefficient (Wildman–Crippen LogP) is 3.10. The third-order valence-electron chi connectivity index (χ3n) is 2.04. The minimum atomic E-state index is -0.193. The van der Waals surface area contributed by atoms with Crippen LogP contribution in [0.25, 0.3) is 11.0 Å². The predicted molar refractivity (Wildman–Crippen MR) is 55.6 cm³/mol. The summed E-state index contributed by atoms with van der Waals surface area (Å²) in [5.41, 5.74) is 0.601. The third-order valence-corrected chi connectivity index (χ3v) is 2.70. The number of rotatable bonds is 1. The van der Waals surface area contributed by atoms with Gasteiger partial charge in [-0.05, 0) is 19.1 Å². The number of halogens is 1. The molecule has 2 aromatic rings. The molecule has 0 aliphatic carbocycles. The van der Waals surface area contributed by atoms with Crippen molar-refractivity contribution < 1.29 is 14.3 Å². The lowest BCUT2D eigenvalue weighted by molar-refractivity contribution is 0.101. The average molecular weight is 255 g/mol. The summed E-state index contributed by atoms with van der Waals surface area (Å²) in [6.07, 6.45) is 1.47. The van der Waals surface area contributed by atoms with E-state index in [9.17, 15) is 9.90 Å². The molecule has 14 heavy (non-hydrogen) atoms. The molecule has 1 N–H and O–H groups in total. The van der Waals surface area contributed by atoms with E-state index in [4.69, 9.17) is 4.42 Å². The second kappa shape index (κ2) is 3.13.